The molecule has 1 aliphatic rings. The van der Waals surface area contributed by atoms with E-state index in [1.165, 1.54) is 11.3 Å². The summed E-state index contributed by atoms with van der Waals surface area (Å²) in [5, 5.41) is 2.67. The van der Waals surface area contributed by atoms with Crippen molar-refractivity contribution < 1.29 is 19.0 Å². The molecule has 1 atom stereocenters. The number of benzene rings is 1. The molecule has 3 heterocycles. The average Bonchev–Trinajstić information content (AvgIpc) is 3.31. The lowest BCUT2D eigenvalue weighted by molar-refractivity contribution is -0.147. The number of esters is 1. The molecule has 1 unspecified atom stereocenters. The summed E-state index contributed by atoms with van der Waals surface area (Å²) in [6.07, 6.45) is 6.06. The van der Waals surface area contributed by atoms with E-state index < -0.39 is 0 Å². The molecule has 8 nitrogen and oxygen atoms in total. The van der Waals surface area contributed by atoms with E-state index >= 15 is 0 Å². The normalized spacial score (nSPS) is 16.1. The van der Waals surface area contributed by atoms with Crippen LogP contribution < -0.4 is 14.4 Å². The van der Waals surface area contributed by atoms with Crippen molar-refractivity contribution in [2.45, 2.75) is 31.9 Å². The Morgan fingerprint density at radius 3 is 2.77 bits per heavy atom. The van der Waals surface area contributed by atoms with Crippen LogP contribution in [-0.2, 0) is 16.1 Å². The van der Waals surface area contributed by atoms with Crippen LogP contribution in [0.5, 0.6) is 11.5 Å². The van der Waals surface area contributed by atoms with Crippen molar-refractivity contribution in [1.82, 2.24) is 15.0 Å². The van der Waals surface area contributed by atoms with E-state index in [-0.39, 0.29) is 18.6 Å². The second-order valence-electron chi connectivity index (χ2n) is 7.05. The zero-order chi connectivity index (χ0) is 21.6. The molecule has 0 aliphatic carbocycles. The number of ether oxygens (including phenoxy) is 3. The Morgan fingerprint density at radius 2 is 2.00 bits per heavy atom. The molecule has 1 fully saturated rings. The summed E-state index contributed by atoms with van der Waals surface area (Å²) in [6.45, 7) is 0.849. The van der Waals surface area contributed by atoms with E-state index in [1.807, 2.05) is 28.5 Å². The number of aromatic nitrogens is 3. The van der Waals surface area contributed by atoms with E-state index in [2.05, 4.69) is 15.0 Å². The van der Waals surface area contributed by atoms with Gasteiger partial charge >= 0.3 is 5.97 Å². The number of hydrogen-bond donors (Lipinski definition) is 0. The Balaban J connectivity index is 1.44. The van der Waals surface area contributed by atoms with Crippen LogP contribution in [0.25, 0.3) is 10.6 Å². The first-order valence-corrected chi connectivity index (χ1v) is 10.9. The van der Waals surface area contributed by atoms with E-state index in [9.17, 15) is 4.79 Å². The number of rotatable bonds is 7. The van der Waals surface area contributed by atoms with Crippen LogP contribution in [0.4, 0.5) is 5.95 Å². The van der Waals surface area contributed by atoms with Gasteiger partial charge < -0.3 is 19.1 Å². The summed E-state index contributed by atoms with van der Waals surface area (Å²) in [5.74, 6) is 1.55. The van der Waals surface area contributed by atoms with Crippen molar-refractivity contribution in [3.8, 4) is 22.1 Å². The number of methoxy groups -OCH3 is 2. The second kappa shape index (κ2) is 9.74. The van der Waals surface area contributed by atoms with E-state index in [1.54, 1.807) is 32.7 Å². The van der Waals surface area contributed by atoms with Crippen molar-refractivity contribution in [1.29, 1.82) is 0 Å². The van der Waals surface area contributed by atoms with Crippen molar-refractivity contribution >= 4 is 23.3 Å². The number of anilines is 1. The van der Waals surface area contributed by atoms with Crippen LogP contribution >= 0.6 is 11.3 Å². The van der Waals surface area contributed by atoms with Crippen LogP contribution in [0.3, 0.4) is 0 Å². The fourth-order valence-corrected chi connectivity index (χ4v) is 4.48. The minimum atomic E-state index is -0.382. The Morgan fingerprint density at radius 1 is 1.16 bits per heavy atom. The van der Waals surface area contributed by atoms with E-state index in [4.69, 9.17) is 14.2 Å². The Kier molecular flexibility index (Phi) is 6.61. The average molecular weight is 441 g/mol. The molecule has 0 N–H and O–H groups in total. The minimum absolute atomic E-state index is 0.113. The maximum atomic E-state index is 12.8. The number of nitrogens with zero attached hydrogens (tertiary/aromatic N) is 4. The summed E-state index contributed by atoms with van der Waals surface area (Å²) in [4.78, 5) is 28.0. The van der Waals surface area contributed by atoms with Gasteiger partial charge in [0.2, 0.25) is 5.95 Å². The Labute approximate surface area is 184 Å². The summed E-state index contributed by atoms with van der Waals surface area (Å²) >= 11 is 1.47. The van der Waals surface area contributed by atoms with Gasteiger partial charge in [0.05, 0.1) is 25.5 Å². The molecular weight excluding hydrogens is 416 g/mol. The molecule has 9 heteroatoms. The molecule has 1 aliphatic heterocycles. The van der Waals surface area contributed by atoms with Gasteiger partial charge in [-0.2, -0.15) is 0 Å². The molecule has 1 aromatic carbocycles. The predicted octanol–water partition coefficient (Wildman–Crippen LogP) is 3.72. The van der Waals surface area contributed by atoms with Gasteiger partial charge in [-0.25, -0.2) is 19.7 Å². The first kappa shape index (κ1) is 21.0. The fraction of sp³-hybridized carbons (Fsp3) is 0.364. The van der Waals surface area contributed by atoms with Crippen LogP contribution in [0.15, 0.2) is 42.0 Å². The second-order valence-corrected chi connectivity index (χ2v) is 7.90. The molecule has 1 saturated heterocycles. The van der Waals surface area contributed by atoms with E-state index in [0.29, 0.717) is 23.1 Å². The SMILES string of the molecule is COc1cccc(-c2nc(COC(=O)C3CCCCN3c3ncccn3)cs2)c1OC. The molecule has 2 aromatic heterocycles. The van der Waals surface area contributed by atoms with Crippen LogP contribution in [0, 0.1) is 0 Å². The number of carbonyl (C=O) groups excluding carboxylic acids is 1. The van der Waals surface area contributed by atoms with Gasteiger partial charge in [-0.1, -0.05) is 6.07 Å². The highest BCUT2D eigenvalue weighted by Crippen LogP contribution is 2.39. The van der Waals surface area contributed by atoms with Crippen molar-refractivity contribution in [2.75, 3.05) is 25.7 Å². The van der Waals surface area contributed by atoms with Crippen molar-refractivity contribution in [3.05, 3.63) is 47.7 Å². The molecule has 0 bridgehead atoms. The molecule has 0 radical (unpaired) electrons. The fourth-order valence-electron chi connectivity index (χ4n) is 3.65. The predicted molar refractivity (Wildman–Crippen MR) is 117 cm³/mol. The van der Waals surface area contributed by atoms with Gasteiger partial charge in [-0.05, 0) is 37.5 Å². The van der Waals surface area contributed by atoms with Crippen molar-refractivity contribution in [2.24, 2.45) is 0 Å². The van der Waals surface area contributed by atoms with Gasteiger partial charge in [0.1, 0.15) is 17.7 Å². The molecule has 4 rings (SSSR count). The summed E-state index contributed by atoms with van der Waals surface area (Å²) in [7, 11) is 3.20. The van der Waals surface area contributed by atoms with E-state index in [0.717, 1.165) is 36.4 Å². The number of thiazole rings is 1. The number of carbonyl (C=O) groups is 1. The molecule has 162 valence electrons. The number of hydrogen-bond acceptors (Lipinski definition) is 9. The lowest BCUT2D eigenvalue weighted by Crippen LogP contribution is -2.46. The Bertz CT molecular complexity index is 1030. The lowest BCUT2D eigenvalue weighted by atomic mass is 10.0. The molecule has 0 spiro atoms. The first-order chi connectivity index (χ1) is 15.2. The summed E-state index contributed by atoms with van der Waals surface area (Å²) in [6, 6.07) is 7.03. The number of piperidine rings is 1. The third-order valence-electron chi connectivity index (χ3n) is 5.13. The third kappa shape index (κ3) is 4.61. The van der Waals surface area contributed by atoms with Crippen LogP contribution in [0.1, 0.15) is 25.0 Å². The van der Waals surface area contributed by atoms with Gasteiger partial charge in [0.15, 0.2) is 11.5 Å². The highest BCUT2D eigenvalue weighted by molar-refractivity contribution is 7.13. The quantitative estimate of drug-likeness (QED) is 0.514. The molecule has 0 saturated carbocycles. The summed E-state index contributed by atoms with van der Waals surface area (Å²) < 4.78 is 16.5. The first-order valence-electron chi connectivity index (χ1n) is 10.1. The molecule has 31 heavy (non-hydrogen) atoms. The van der Waals surface area contributed by atoms with Crippen molar-refractivity contribution in [3.63, 3.8) is 0 Å². The lowest BCUT2D eigenvalue weighted by Gasteiger charge is -2.33. The van der Waals surface area contributed by atoms with Gasteiger partial charge in [0, 0.05) is 24.3 Å². The zero-order valence-corrected chi connectivity index (χ0v) is 18.3. The van der Waals surface area contributed by atoms with Crippen LogP contribution in [-0.4, -0.2) is 47.7 Å². The monoisotopic (exact) mass is 440 g/mol. The maximum Gasteiger partial charge on any atom is 0.329 e. The smallest absolute Gasteiger partial charge is 0.329 e. The summed E-state index contributed by atoms with van der Waals surface area (Å²) in [5.41, 5.74) is 1.53. The zero-order valence-electron chi connectivity index (χ0n) is 17.5. The van der Waals surface area contributed by atoms with Gasteiger partial charge in [0.25, 0.3) is 0 Å². The largest absolute Gasteiger partial charge is 0.493 e. The molecular formula is C22H24N4O4S. The maximum absolute atomic E-state index is 12.8. The standard InChI is InChI=1S/C22H24N4O4S/c1-28-18-9-5-7-16(19(18)29-2)20-25-15(14-31-20)13-30-21(27)17-8-3-4-12-26(17)22-23-10-6-11-24-22/h5-7,9-11,14,17H,3-4,8,12-13H2,1-2H3. The van der Waals surface area contributed by atoms with Gasteiger partial charge in [-0.3, -0.25) is 0 Å². The minimum Gasteiger partial charge on any atom is -0.493 e. The van der Waals surface area contributed by atoms with Gasteiger partial charge in [-0.15, -0.1) is 11.3 Å². The van der Waals surface area contributed by atoms with Crippen LogP contribution in [0.2, 0.25) is 0 Å². The highest BCUT2D eigenvalue weighted by atomic mass is 32.1. The Hall–Kier alpha value is -3.20. The molecule has 0 amide bonds. The molecule has 3 aromatic rings. The number of para-hydroxylation sites is 1. The highest BCUT2D eigenvalue weighted by Gasteiger charge is 2.31. The third-order valence-corrected chi connectivity index (χ3v) is 6.06. The topological polar surface area (TPSA) is 86.7 Å².